The predicted octanol–water partition coefficient (Wildman–Crippen LogP) is 1.48. The van der Waals surface area contributed by atoms with Crippen molar-refractivity contribution in [3.63, 3.8) is 0 Å². The van der Waals surface area contributed by atoms with Gasteiger partial charge in [0.1, 0.15) is 22.5 Å². The number of hydrogen-bond donors (Lipinski definition) is 2. The van der Waals surface area contributed by atoms with Crippen molar-refractivity contribution in [3.05, 3.63) is 48.0 Å². The summed E-state index contributed by atoms with van der Waals surface area (Å²) in [5.74, 6) is -0.564. The van der Waals surface area contributed by atoms with E-state index in [0.717, 1.165) is 18.3 Å². The largest absolute Gasteiger partial charge is 0.397 e. The maximum atomic E-state index is 12.9. The average Bonchev–Trinajstić information content (AvgIpc) is 2.42. The number of nitrogens with zero attached hydrogens (tertiary/aromatic N) is 2. The monoisotopic (exact) mass is 292 g/mol. The SMILES string of the molecule is N#Cc1ccc(S(=O)(=O)Nc2ccc(F)cc2N)cn1. The molecule has 0 atom stereocenters. The lowest BCUT2D eigenvalue weighted by Crippen LogP contribution is -2.14. The highest BCUT2D eigenvalue weighted by Gasteiger charge is 2.16. The number of rotatable bonds is 3. The van der Waals surface area contributed by atoms with Gasteiger partial charge in [0, 0.05) is 6.20 Å². The Hall–Kier alpha value is -2.66. The van der Waals surface area contributed by atoms with Gasteiger partial charge in [-0.15, -0.1) is 0 Å². The van der Waals surface area contributed by atoms with Crippen LogP contribution in [0.1, 0.15) is 5.69 Å². The first kappa shape index (κ1) is 13.8. The number of hydrogen-bond acceptors (Lipinski definition) is 5. The molecule has 102 valence electrons. The van der Waals surface area contributed by atoms with Gasteiger partial charge in [0.25, 0.3) is 10.0 Å². The van der Waals surface area contributed by atoms with Crippen molar-refractivity contribution in [1.82, 2.24) is 4.98 Å². The van der Waals surface area contributed by atoms with E-state index in [0.29, 0.717) is 0 Å². The number of pyridine rings is 1. The first-order chi connectivity index (χ1) is 9.42. The molecule has 1 aromatic heterocycles. The molecule has 1 aromatic carbocycles. The number of nitrogens with two attached hydrogens (primary N) is 1. The number of sulfonamides is 1. The van der Waals surface area contributed by atoms with E-state index in [1.807, 2.05) is 0 Å². The molecule has 0 aliphatic heterocycles. The second-order valence-corrected chi connectivity index (χ2v) is 5.51. The molecule has 2 aromatic rings. The van der Waals surface area contributed by atoms with E-state index in [2.05, 4.69) is 9.71 Å². The molecule has 0 amide bonds. The lowest BCUT2D eigenvalue weighted by Gasteiger charge is -2.10. The van der Waals surface area contributed by atoms with E-state index in [-0.39, 0.29) is 22.0 Å². The van der Waals surface area contributed by atoms with Crippen LogP contribution in [0, 0.1) is 17.1 Å². The molecule has 0 aliphatic rings. The van der Waals surface area contributed by atoms with Crippen LogP contribution in [0.3, 0.4) is 0 Å². The van der Waals surface area contributed by atoms with E-state index in [9.17, 15) is 12.8 Å². The predicted molar refractivity (Wildman–Crippen MR) is 70.6 cm³/mol. The smallest absolute Gasteiger partial charge is 0.263 e. The molecule has 6 nitrogen and oxygen atoms in total. The highest BCUT2D eigenvalue weighted by molar-refractivity contribution is 7.92. The van der Waals surface area contributed by atoms with Gasteiger partial charge in [-0.3, -0.25) is 4.72 Å². The Kier molecular flexibility index (Phi) is 3.54. The Labute approximate surface area is 114 Å². The third-order valence-electron chi connectivity index (χ3n) is 2.42. The number of anilines is 2. The lowest BCUT2D eigenvalue weighted by molar-refractivity contribution is 0.600. The summed E-state index contributed by atoms with van der Waals surface area (Å²) < 4.78 is 39.2. The van der Waals surface area contributed by atoms with Gasteiger partial charge in [-0.05, 0) is 30.3 Å². The van der Waals surface area contributed by atoms with Gasteiger partial charge >= 0.3 is 0 Å². The standard InChI is InChI=1S/C12H9FN4O2S/c13-8-1-4-12(11(15)5-8)17-20(18,19)10-3-2-9(6-14)16-7-10/h1-5,7,17H,15H2. The van der Waals surface area contributed by atoms with Crippen LogP contribution in [0.2, 0.25) is 0 Å². The van der Waals surface area contributed by atoms with Crippen LogP contribution in [-0.2, 0) is 10.0 Å². The number of nitriles is 1. The molecule has 0 saturated carbocycles. The van der Waals surface area contributed by atoms with Gasteiger partial charge in [-0.25, -0.2) is 17.8 Å². The summed E-state index contributed by atoms with van der Waals surface area (Å²) in [6.07, 6.45) is 1.06. The summed E-state index contributed by atoms with van der Waals surface area (Å²) in [6, 6.07) is 7.63. The van der Waals surface area contributed by atoms with Gasteiger partial charge in [0.2, 0.25) is 0 Å². The van der Waals surface area contributed by atoms with Crippen LogP contribution in [0.5, 0.6) is 0 Å². The zero-order chi connectivity index (χ0) is 14.8. The number of nitrogen functional groups attached to an aromatic ring is 1. The number of benzene rings is 1. The molecule has 0 bridgehead atoms. The third kappa shape index (κ3) is 2.84. The normalized spacial score (nSPS) is 10.8. The summed E-state index contributed by atoms with van der Waals surface area (Å²) in [7, 11) is -3.90. The minimum absolute atomic E-state index is 0.0322. The first-order valence-electron chi connectivity index (χ1n) is 5.36. The van der Waals surface area contributed by atoms with Crippen molar-refractivity contribution < 1.29 is 12.8 Å². The summed E-state index contributed by atoms with van der Waals surface area (Å²) in [6.45, 7) is 0. The second-order valence-electron chi connectivity index (χ2n) is 3.83. The van der Waals surface area contributed by atoms with Crippen LogP contribution in [0.4, 0.5) is 15.8 Å². The molecule has 0 aliphatic carbocycles. The van der Waals surface area contributed by atoms with Gasteiger partial charge < -0.3 is 5.73 Å². The molecule has 20 heavy (non-hydrogen) atoms. The van der Waals surface area contributed by atoms with Crippen LogP contribution in [0.15, 0.2) is 41.4 Å². The summed E-state index contributed by atoms with van der Waals surface area (Å²) in [5, 5.41) is 8.60. The highest BCUT2D eigenvalue weighted by Crippen LogP contribution is 2.22. The van der Waals surface area contributed by atoms with E-state index in [1.165, 1.54) is 18.2 Å². The topological polar surface area (TPSA) is 109 Å². The Morgan fingerprint density at radius 3 is 2.60 bits per heavy atom. The van der Waals surface area contributed by atoms with Gasteiger partial charge in [-0.1, -0.05) is 0 Å². The number of nitrogens with one attached hydrogen (secondary N) is 1. The minimum Gasteiger partial charge on any atom is -0.397 e. The van der Waals surface area contributed by atoms with E-state index in [1.54, 1.807) is 6.07 Å². The molecule has 1 heterocycles. The quantitative estimate of drug-likeness (QED) is 0.833. The minimum atomic E-state index is -3.90. The maximum absolute atomic E-state index is 12.9. The van der Waals surface area contributed by atoms with Crippen molar-refractivity contribution >= 4 is 21.4 Å². The Morgan fingerprint density at radius 1 is 1.30 bits per heavy atom. The van der Waals surface area contributed by atoms with Crippen LogP contribution in [-0.4, -0.2) is 13.4 Å². The molecule has 8 heteroatoms. The molecular weight excluding hydrogens is 283 g/mol. The van der Waals surface area contributed by atoms with E-state index in [4.69, 9.17) is 11.0 Å². The number of halogens is 1. The molecule has 2 rings (SSSR count). The molecule has 0 spiro atoms. The number of aromatic nitrogens is 1. The van der Waals surface area contributed by atoms with Crippen LogP contribution < -0.4 is 10.5 Å². The summed E-state index contributed by atoms with van der Waals surface area (Å²) in [4.78, 5) is 3.55. The lowest BCUT2D eigenvalue weighted by atomic mass is 10.3. The summed E-state index contributed by atoms with van der Waals surface area (Å²) in [5.41, 5.74) is 5.66. The van der Waals surface area contributed by atoms with Crippen molar-refractivity contribution in [3.8, 4) is 6.07 Å². The van der Waals surface area contributed by atoms with Crippen LogP contribution in [0.25, 0.3) is 0 Å². The molecule has 0 saturated heterocycles. The van der Waals surface area contributed by atoms with Crippen molar-refractivity contribution in [2.45, 2.75) is 4.90 Å². The Bertz CT molecular complexity index is 782. The third-order valence-corrected chi connectivity index (χ3v) is 3.77. The van der Waals surface area contributed by atoms with E-state index >= 15 is 0 Å². The average molecular weight is 292 g/mol. The Morgan fingerprint density at radius 2 is 2.05 bits per heavy atom. The molecule has 3 N–H and O–H groups in total. The summed E-state index contributed by atoms with van der Waals surface area (Å²) >= 11 is 0. The zero-order valence-electron chi connectivity index (χ0n) is 10.0. The van der Waals surface area contributed by atoms with Gasteiger partial charge in [-0.2, -0.15) is 5.26 Å². The van der Waals surface area contributed by atoms with Gasteiger partial charge in [0.05, 0.1) is 11.4 Å². The first-order valence-corrected chi connectivity index (χ1v) is 6.85. The van der Waals surface area contributed by atoms with Crippen molar-refractivity contribution in [1.29, 1.82) is 5.26 Å². The fraction of sp³-hybridized carbons (Fsp3) is 0. The maximum Gasteiger partial charge on any atom is 0.263 e. The Balaban J connectivity index is 2.33. The zero-order valence-corrected chi connectivity index (χ0v) is 10.9. The van der Waals surface area contributed by atoms with Crippen LogP contribution >= 0.6 is 0 Å². The molecule has 0 fully saturated rings. The molecule has 0 unspecified atom stereocenters. The molecular formula is C12H9FN4O2S. The molecule has 0 radical (unpaired) electrons. The van der Waals surface area contributed by atoms with Crippen molar-refractivity contribution in [2.24, 2.45) is 0 Å². The van der Waals surface area contributed by atoms with E-state index < -0.39 is 15.8 Å². The fourth-order valence-corrected chi connectivity index (χ4v) is 2.47. The fourth-order valence-electron chi connectivity index (χ4n) is 1.44. The van der Waals surface area contributed by atoms with Crippen molar-refractivity contribution in [2.75, 3.05) is 10.5 Å². The van der Waals surface area contributed by atoms with Gasteiger partial charge in [0.15, 0.2) is 0 Å². The second kappa shape index (κ2) is 5.14. The highest BCUT2D eigenvalue weighted by atomic mass is 32.2.